The Kier molecular flexibility index (Phi) is 6.21. The fourth-order valence-electron chi connectivity index (χ4n) is 4.84. The lowest BCUT2D eigenvalue weighted by Gasteiger charge is -2.40. The topological polar surface area (TPSA) is 76.7 Å². The third kappa shape index (κ3) is 4.42. The SMILES string of the molecule is COc1ccc(OC)c([C@@H]2C(C(=O)Nc3ccc(F)cc3)=C(C)NC3=C2C(=O)CC(C)(C)C3)c1. The highest BCUT2D eigenvalue weighted by Gasteiger charge is 2.43. The summed E-state index contributed by atoms with van der Waals surface area (Å²) >= 11 is 0. The number of rotatable bonds is 5. The van der Waals surface area contributed by atoms with Gasteiger partial charge in [0.15, 0.2) is 5.78 Å². The molecule has 0 bridgehead atoms. The van der Waals surface area contributed by atoms with Gasteiger partial charge in [-0.15, -0.1) is 0 Å². The molecule has 1 heterocycles. The lowest BCUT2D eigenvalue weighted by Crippen LogP contribution is -2.39. The maximum Gasteiger partial charge on any atom is 0.254 e. The molecular weight excluding hydrogens is 435 g/mol. The lowest BCUT2D eigenvalue weighted by atomic mass is 9.68. The molecule has 0 saturated carbocycles. The molecule has 1 amide bonds. The van der Waals surface area contributed by atoms with E-state index in [1.165, 1.54) is 24.3 Å². The van der Waals surface area contributed by atoms with Gasteiger partial charge in [0, 0.05) is 40.2 Å². The Morgan fingerprint density at radius 1 is 1.09 bits per heavy atom. The third-order valence-electron chi connectivity index (χ3n) is 6.33. The van der Waals surface area contributed by atoms with Crippen LogP contribution in [0.4, 0.5) is 10.1 Å². The Hall–Kier alpha value is -3.61. The van der Waals surface area contributed by atoms with E-state index in [1.807, 2.05) is 13.0 Å². The van der Waals surface area contributed by atoms with Crippen LogP contribution in [0.5, 0.6) is 11.5 Å². The van der Waals surface area contributed by atoms with Crippen molar-refractivity contribution in [2.24, 2.45) is 5.41 Å². The molecule has 1 aliphatic heterocycles. The normalized spacial score (nSPS) is 19.4. The second kappa shape index (κ2) is 8.97. The van der Waals surface area contributed by atoms with Gasteiger partial charge in [-0.1, -0.05) is 13.8 Å². The van der Waals surface area contributed by atoms with E-state index in [9.17, 15) is 14.0 Å². The number of hydrogen-bond acceptors (Lipinski definition) is 5. The first-order valence-corrected chi connectivity index (χ1v) is 11.2. The highest BCUT2D eigenvalue weighted by Crippen LogP contribution is 2.49. The Balaban J connectivity index is 1.87. The molecule has 2 aromatic rings. The predicted octanol–water partition coefficient (Wildman–Crippen LogP) is 5.09. The van der Waals surface area contributed by atoms with Crippen molar-refractivity contribution in [3.05, 3.63) is 76.4 Å². The summed E-state index contributed by atoms with van der Waals surface area (Å²) in [6.07, 6.45) is 1.06. The molecule has 1 aliphatic carbocycles. The number of hydrogen-bond donors (Lipinski definition) is 2. The van der Waals surface area contributed by atoms with Gasteiger partial charge in [0.1, 0.15) is 17.3 Å². The number of carbonyl (C=O) groups excluding carboxylic acids is 2. The van der Waals surface area contributed by atoms with E-state index in [1.54, 1.807) is 26.4 Å². The maximum absolute atomic E-state index is 13.6. The number of dihydropyridines is 1. The first-order valence-electron chi connectivity index (χ1n) is 11.2. The van der Waals surface area contributed by atoms with E-state index in [2.05, 4.69) is 24.5 Å². The first-order chi connectivity index (χ1) is 16.1. The second-order valence-corrected chi connectivity index (χ2v) is 9.50. The van der Waals surface area contributed by atoms with Crippen molar-refractivity contribution in [1.29, 1.82) is 0 Å². The number of Topliss-reactive ketones (excluding diaryl/α,β-unsaturated/α-hetero) is 1. The van der Waals surface area contributed by atoms with Crippen molar-refractivity contribution < 1.29 is 23.5 Å². The second-order valence-electron chi connectivity index (χ2n) is 9.50. The molecule has 1 atom stereocenters. The Morgan fingerprint density at radius 3 is 2.44 bits per heavy atom. The lowest BCUT2D eigenvalue weighted by molar-refractivity contribution is -0.118. The van der Waals surface area contributed by atoms with Crippen LogP contribution in [0, 0.1) is 11.2 Å². The smallest absolute Gasteiger partial charge is 0.254 e. The van der Waals surface area contributed by atoms with Crippen molar-refractivity contribution in [2.75, 3.05) is 19.5 Å². The van der Waals surface area contributed by atoms with Gasteiger partial charge in [0.05, 0.1) is 20.1 Å². The van der Waals surface area contributed by atoms with E-state index >= 15 is 0 Å². The summed E-state index contributed by atoms with van der Waals surface area (Å²) in [6, 6.07) is 10.9. The van der Waals surface area contributed by atoms with Crippen LogP contribution in [0.3, 0.4) is 0 Å². The van der Waals surface area contributed by atoms with Gasteiger partial charge in [-0.25, -0.2) is 4.39 Å². The molecule has 0 radical (unpaired) electrons. The largest absolute Gasteiger partial charge is 0.497 e. The number of methoxy groups -OCH3 is 2. The summed E-state index contributed by atoms with van der Waals surface area (Å²) in [5.41, 5.74) is 3.39. The van der Waals surface area contributed by atoms with Crippen LogP contribution in [0.1, 0.15) is 45.1 Å². The Morgan fingerprint density at radius 2 is 1.79 bits per heavy atom. The van der Waals surface area contributed by atoms with Gasteiger partial charge >= 0.3 is 0 Å². The summed E-state index contributed by atoms with van der Waals surface area (Å²) in [5, 5.41) is 6.19. The average molecular weight is 465 g/mol. The molecule has 0 spiro atoms. The molecule has 4 rings (SSSR count). The van der Waals surface area contributed by atoms with Gasteiger partial charge in [-0.3, -0.25) is 9.59 Å². The van der Waals surface area contributed by atoms with Crippen molar-refractivity contribution in [2.45, 2.75) is 39.5 Å². The van der Waals surface area contributed by atoms with Crippen molar-refractivity contribution in [1.82, 2.24) is 5.32 Å². The minimum atomic E-state index is -0.648. The predicted molar refractivity (Wildman–Crippen MR) is 128 cm³/mol. The molecular formula is C27H29FN2O4. The van der Waals surface area contributed by atoms with Crippen LogP contribution in [0.2, 0.25) is 0 Å². The van der Waals surface area contributed by atoms with Gasteiger partial charge in [-0.2, -0.15) is 0 Å². The van der Waals surface area contributed by atoms with Gasteiger partial charge in [-0.05, 0) is 61.2 Å². The number of carbonyl (C=O) groups is 2. The number of allylic oxidation sites excluding steroid dienone is 3. The number of anilines is 1. The molecule has 2 N–H and O–H groups in total. The van der Waals surface area contributed by atoms with Crippen LogP contribution >= 0.6 is 0 Å². The van der Waals surface area contributed by atoms with Crippen LogP contribution in [0.15, 0.2) is 65.0 Å². The highest BCUT2D eigenvalue weighted by molar-refractivity contribution is 6.10. The molecule has 178 valence electrons. The fraction of sp³-hybridized carbons (Fsp3) is 0.333. The number of benzene rings is 2. The number of amides is 1. The van der Waals surface area contributed by atoms with E-state index in [0.717, 1.165) is 5.70 Å². The van der Waals surface area contributed by atoms with Crippen molar-refractivity contribution in [3.63, 3.8) is 0 Å². The maximum atomic E-state index is 13.6. The zero-order valence-electron chi connectivity index (χ0n) is 20.0. The molecule has 0 fully saturated rings. The minimum Gasteiger partial charge on any atom is -0.497 e. The third-order valence-corrected chi connectivity index (χ3v) is 6.33. The van der Waals surface area contributed by atoms with E-state index < -0.39 is 11.7 Å². The van der Waals surface area contributed by atoms with Crippen LogP contribution in [-0.2, 0) is 9.59 Å². The van der Waals surface area contributed by atoms with Gasteiger partial charge in [0.2, 0.25) is 0 Å². The van der Waals surface area contributed by atoms with Crippen molar-refractivity contribution >= 4 is 17.4 Å². The van der Waals surface area contributed by atoms with Crippen molar-refractivity contribution in [3.8, 4) is 11.5 Å². The molecule has 34 heavy (non-hydrogen) atoms. The highest BCUT2D eigenvalue weighted by atomic mass is 19.1. The van der Waals surface area contributed by atoms with E-state index in [0.29, 0.717) is 52.4 Å². The molecule has 0 unspecified atom stereocenters. The molecule has 7 heteroatoms. The minimum absolute atomic E-state index is 0.00629. The molecule has 2 aromatic carbocycles. The molecule has 0 saturated heterocycles. The molecule has 0 aromatic heterocycles. The first kappa shape index (κ1) is 23.5. The summed E-state index contributed by atoms with van der Waals surface area (Å²) in [7, 11) is 3.12. The van der Waals surface area contributed by atoms with Crippen LogP contribution in [-0.4, -0.2) is 25.9 Å². The number of ether oxygens (including phenoxy) is 2. The number of nitrogens with one attached hydrogen (secondary N) is 2. The number of halogens is 1. The summed E-state index contributed by atoms with van der Waals surface area (Å²) in [5.74, 6) is -0.278. The van der Waals surface area contributed by atoms with Gasteiger partial charge in [0.25, 0.3) is 5.91 Å². The fourth-order valence-corrected chi connectivity index (χ4v) is 4.84. The summed E-state index contributed by atoms with van der Waals surface area (Å²) < 4.78 is 24.5. The van der Waals surface area contributed by atoms with E-state index in [4.69, 9.17) is 9.47 Å². The van der Waals surface area contributed by atoms with E-state index in [-0.39, 0.29) is 17.1 Å². The molecule has 2 aliphatic rings. The Labute approximate surface area is 198 Å². The monoisotopic (exact) mass is 464 g/mol. The average Bonchev–Trinajstić information content (AvgIpc) is 2.78. The summed E-state index contributed by atoms with van der Waals surface area (Å²) in [4.78, 5) is 27.1. The summed E-state index contributed by atoms with van der Waals surface area (Å²) in [6.45, 7) is 5.95. The van der Waals surface area contributed by atoms with Crippen LogP contribution < -0.4 is 20.1 Å². The van der Waals surface area contributed by atoms with Crippen LogP contribution in [0.25, 0.3) is 0 Å². The number of ketones is 1. The zero-order chi connectivity index (χ0) is 24.6. The molecule has 6 nitrogen and oxygen atoms in total. The van der Waals surface area contributed by atoms with Gasteiger partial charge < -0.3 is 20.1 Å². The Bertz CT molecular complexity index is 1210. The zero-order valence-corrected chi connectivity index (χ0v) is 20.0. The quantitative estimate of drug-likeness (QED) is 0.645. The standard InChI is InChI=1S/C27H29FN2O4/c1-15-23(26(32)30-17-8-6-16(28)7-9-17)24(19-12-18(33-4)10-11-22(19)34-5)25-20(29-15)13-27(2,3)14-21(25)31/h6-12,24,29H,13-14H2,1-5H3,(H,30,32)/t24-/m1/s1.